The summed E-state index contributed by atoms with van der Waals surface area (Å²) in [6.45, 7) is 4.71. The number of carbonyl (C=O) groups excluding carboxylic acids is 1. The maximum Gasteiger partial charge on any atom is 0.251 e. The third-order valence-corrected chi connectivity index (χ3v) is 4.62. The molecule has 1 heterocycles. The molecule has 0 spiro atoms. The first-order chi connectivity index (χ1) is 11.7. The lowest BCUT2D eigenvalue weighted by atomic mass is 9.99. The van der Waals surface area contributed by atoms with Crippen molar-refractivity contribution in [1.82, 2.24) is 10.2 Å². The van der Waals surface area contributed by atoms with E-state index >= 15 is 0 Å². The second-order valence-corrected chi connectivity index (χ2v) is 6.24. The lowest BCUT2D eigenvalue weighted by molar-refractivity contribution is 0.0932. The molecule has 3 rings (SSSR count). The SMILES string of the molecule is CC(CNC(=O)c1ccc(C#N)cc1)N1CCc2ccccc2C1. The molecule has 1 aliphatic rings. The fraction of sp³-hybridized carbons (Fsp3) is 0.300. The molecule has 0 fully saturated rings. The van der Waals surface area contributed by atoms with E-state index in [4.69, 9.17) is 5.26 Å². The number of rotatable bonds is 4. The van der Waals surface area contributed by atoms with Crippen molar-refractivity contribution in [3.8, 4) is 6.07 Å². The monoisotopic (exact) mass is 319 g/mol. The lowest BCUT2D eigenvalue weighted by Crippen LogP contribution is -2.44. The van der Waals surface area contributed by atoms with Crippen LogP contribution >= 0.6 is 0 Å². The molecule has 0 saturated heterocycles. The van der Waals surface area contributed by atoms with E-state index in [1.54, 1.807) is 24.3 Å². The van der Waals surface area contributed by atoms with Gasteiger partial charge in [-0.2, -0.15) is 5.26 Å². The molecule has 0 saturated carbocycles. The first-order valence-corrected chi connectivity index (χ1v) is 8.26. The predicted octanol–water partition coefficient (Wildman–Crippen LogP) is 2.73. The Morgan fingerprint density at radius 1 is 1.21 bits per heavy atom. The zero-order valence-corrected chi connectivity index (χ0v) is 13.8. The highest BCUT2D eigenvalue weighted by Gasteiger charge is 2.20. The van der Waals surface area contributed by atoms with E-state index in [1.165, 1.54) is 11.1 Å². The fourth-order valence-electron chi connectivity index (χ4n) is 3.06. The van der Waals surface area contributed by atoms with Gasteiger partial charge in [-0.25, -0.2) is 0 Å². The average molecular weight is 319 g/mol. The lowest BCUT2D eigenvalue weighted by Gasteiger charge is -2.33. The van der Waals surface area contributed by atoms with Crippen molar-refractivity contribution in [2.24, 2.45) is 0 Å². The molecule has 1 unspecified atom stereocenters. The van der Waals surface area contributed by atoms with E-state index < -0.39 is 0 Å². The normalized spacial score (nSPS) is 15.2. The summed E-state index contributed by atoms with van der Waals surface area (Å²) < 4.78 is 0. The number of amides is 1. The highest BCUT2D eigenvalue weighted by atomic mass is 16.1. The van der Waals surface area contributed by atoms with Crippen molar-refractivity contribution in [3.05, 3.63) is 70.8 Å². The smallest absolute Gasteiger partial charge is 0.251 e. The Hall–Kier alpha value is -2.64. The van der Waals surface area contributed by atoms with Crippen LogP contribution in [0.1, 0.15) is 34.0 Å². The zero-order valence-electron chi connectivity index (χ0n) is 13.8. The summed E-state index contributed by atoms with van der Waals surface area (Å²) in [5, 5.41) is 11.8. The number of carbonyl (C=O) groups is 1. The standard InChI is InChI=1S/C20H21N3O/c1-15(23-11-10-17-4-2-3-5-19(17)14-23)13-22-20(24)18-8-6-16(12-21)7-9-18/h2-9,15H,10-11,13-14H2,1H3,(H,22,24). The van der Waals surface area contributed by atoms with Crippen molar-refractivity contribution in [2.75, 3.05) is 13.1 Å². The number of hydrogen-bond donors (Lipinski definition) is 1. The van der Waals surface area contributed by atoms with Crippen LogP contribution in [0.2, 0.25) is 0 Å². The van der Waals surface area contributed by atoms with Crippen molar-refractivity contribution >= 4 is 5.91 Å². The Labute approximate surface area is 142 Å². The number of nitrogens with zero attached hydrogens (tertiary/aromatic N) is 2. The molecule has 4 heteroatoms. The number of benzene rings is 2. The largest absolute Gasteiger partial charge is 0.350 e. The van der Waals surface area contributed by atoms with Gasteiger partial charge in [0.05, 0.1) is 11.6 Å². The minimum atomic E-state index is -0.0938. The van der Waals surface area contributed by atoms with Gasteiger partial charge in [0, 0.05) is 31.2 Å². The number of nitrogens with one attached hydrogen (secondary N) is 1. The van der Waals surface area contributed by atoms with Gasteiger partial charge in [0.15, 0.2) is 0 Å². The van der Waals surface area contributed by atoms with Crippen LogP contribution in [0, 0.1) is 11.3 Å². The van der Waals surface area contributed by atoms with Crippen LogP contribution in [0.15, 0.2) is 48.5 Å². The summed E-state index contributed by atoms with van der Waals surface area (Å²) in [5.41, 5.74) is 3.97. The molecule has 1 aliphatic heterocycles. The van der Waals surface area contributed by atoms with Crippen LogP contribution < -0.4 is 5.32 Å². The highest BCUT2D eigenvalue weighted by Crippen LogP contribution is 2.20. The van der Waals surface area contributed by atoms with E-state index in [0.717, 1.165) is 19.5 Å². The summed E-state index contributed by atoms with van der Waals surface area (Å²) in [4.78, 5) is 14.6. The van der Waals surface area contributed by atoms with Gasteiger partial charge < -0.3 is 5.32 Å². The highest BCUT2D eigenvalue weighted by molar-refractivity contribution is 5.94. The second kappa shape index (κ2) is 7.29. The zero-order chi connectivity index (χ0) is 16.9. The second-order valence-electron chi connectivity index (χ2n) is 6.24. The molecule has 122 valence electrons. The summed E-state index contributed by atoms with van der Waals surface area (Å²) in [6, 6.07) is 17.6. The molecule has 2 aromatic carbocycles. The van der Waals surface area contributed by atoms with Gasteiger partial charge in [0.25, 0.3) is 5.91 Å². The quantitative estimate of drug-likeness (QED) is 0.943. The van der Waals surface area contributed by atoms with Crippen molar-refractivity contribution in [2.45, 2.75) is 25.9 Å². The fourth-order valence-corrected chi connectivity index (χ4v) is 3.06. The third kappa shape index (κ3) is 3.64. The Morgan fingerprint density at radius 2 is 1.92 bits per heavy atom. The van der Waals surface area contributed by atoms with Crippen LogP contribution in [0.4, 0.5) is 0 Å². The summed E-state index contributed by atoms with van der Waals surface area (Å²) in [5.74, 6) is -0.0938. The Morgan fingerprint density at radius 3 is 2.62 bits per heavy atom. The minimum absolute atomic E-state index is 0.0938. The summed E-state index contributed by atoms with van der Waals surface area (Å²) >= 11 is 0. The van der Waals surface area contributed by atoms with Crippen LogP contribution in [0.5, 0.6) is 0 Å². The van der Waals surface area contributed by atoms with Crippen LogP contribution in [-0.4, -0.2) is 29.9 Å². The van der Waals surface area contributed by atoms with Gasteiger partial charge in [0.2, 0.25) is 0 Å². The van der Waals surface area contributed by atoms with E-state index in [2.05, 4.69) is 47.5 Å². The molecule has 1 amide bonds. The van der Waals surface area contributed by atoms with Crippen LogP contribution in [0.25, 0.3) is 0 Å². The molecule has 1 N–H and O–H groups in total. The van der Waals surface area contributed by atoms with Crippen molar-refractivity contribution < 1.29 is 4.79 Å². The molecule has 0 radical (unpaired) electrons. The van der Waals surface area contributed by atoms with E-state index in [9.17, 15) is 4.79 Å². The molecule has 2 aromatic rings. The Balaban J connectivity index is 1.55. The molecular weight excluding hydrogens is 298 g/mol. The average Bonchev–Trinajstić information content (AvgIpc) is 2.65. The number of hydrogen-bond acceptors (Lipinski definition) is 3. The molecule has 24 heavy (non-hydrogen) atoms. The van der Waals surface area contributed by atoms with E-state index in [1.807, 2.05) is 0 Å². The van der Waals surface area contributed by atoms with E-state index in [-0.39, 0.29) is 11.9 Å². The van der Waals surface area contributed by atoms with E-state index in [0.29, 0.717) is 17.7 Å². The number of fused-ring (bicyclic) bond motifs is 1. The van der Waals surface area contributed by atoms with Gasteiger partial charge in [-0.15, -0.1) is 0 Å². The van der Waals surface area contributed by atoms with Crippen LogP contribution in [-0.2, 0) is 13.0 Å². The maximum atomic E-state index is 12.2. The van der Waals surface area contributed by atoms with Gasteiger partial charge in [-0.05, 0) is 48.7 Å². The minimum Gasteiger partial charge on any atom is -0.350 e. The third-order valence-electron chi connectivity index (χ3n) is 4.62. The maximum absolute atomic E-state index is 12.2. The first kappa shape index (κ1) is 16.2. The molecule has 1 atom stereocenters. The molecule has 0 aliphatic carbocycles. The Kier molecular flexibility index (Phi) is 4.93. The van der Waals surface area contributed by atoms with Gasteiger partial charge in [-0.1, -0.05) is 24.3 Å². The van der Waals surface area contributed by atoms with Gasteiger partial charge in [-0.3, -0.25) is 9.69 Å². The Bertz CT molecular complexity index is 761. The van der Waals surface area contributed by atoms with Crippen molar-refractivity contribution in [3.63, 3.8) is 0 Å². The molecule has 0 aromatic heterocycles. The topological polar surface area (TPSA) is 56.1 Å². The molecular formula is C20H21N3O. The summed E-state index contributed by atoms with van der Waals surface area (Å²) in [6.07, 6.45) is 1.06. The van der Waals surface area contributed by atoms with Gasteiger partial charge in [0.1, 0.15) is 0 Å². The predicted molar refractivity (Wildman–Crippen MR) is 93.5 cm³/mol. The van der Waals surface area contributed by atoms with Crippen LogP contribution in [0.3, 0.4) is 0 Å². The first-order valence-electron chi connectivity index (χ1n) is 8.26. The van der Waals surface area contributed by atoms with Gasteiger partial charge >= 0.3 is 0 Å². The molecule has 4 nitrogen and oxygen atoms in total. The molecule has 0 bridgehead atoms. The van der Waals surface area contributed by atoms with Crippen molar-refractivity contribution in [1.29, 1.82) is 5.26 Å². The number of nitriles is 1. The summed E-state index contributed by atoms with van der Waals surface area (Å²) in [7, 11) is 0.